The molecular formula is C20H22FN3O2S. The van der Waals surface area contributed by atoms with E-state index >= 15 is 0 Å². The van der Waals surface area contributed by atoms with E-state index in [4.69, 9.17) is 0 Å². The molecule has 5 nitrogen and oxygen atoms in total. The molecule has 0 bridgehead atoms. The fraction of sp³-hybridized carbons (Fsp3) is 0.350. The number of piperazine rings is 1. The van der Waals surface area contributed by atoms with Gasteiger partial charge >= 0.3 is 0 Å². The average molecular weight is 387 g/mol. The molecule has 2 aromatic carbocycles. The molecule has 1 aliphatic rings. The molecule has 0 saturated carbocycles. The van der Waals surface area contributed by atoms with Crippen LogP contribution in [0.15, 0.2) is 48.5 Å². The Hall–Kier alpha value is -2.27. The van der Waals surface area contributed by atoms with E-state index in [9.17, 15) is 18.1 Å². The Morgan fingerprint density at radius 2 is 1.63 bits per heavy atom. The highest BCUT2D eigenvalue weighted by Gasteiger charge is 2.30. The van der Waals surface area contributed by atoms with E-state index in [2.05, 4.69) is 6.07 Å². The van der Waals surface area contributed by atoms with Gasteiger partial charge in [-0.15, -0.1) is 0 Å². The number of nitriles is 1. The van der Waals surface area contributed by atoms with Crippen LogP contribution in [0.3, 0.4) is 0 Å². The Balaban J connectivity index is 1.64. The van der Waals surface area contributed by atoms with Crippen molar-refractivity contribution < 1.29 is 12.8 Å². The molecule has 0 radical (unpaired) electrons. The van der Waals surface area contributed by atoms with Crippen molar-refractivity contribution in [1.29, 1.82) is 5.26 Å². The number of nitrogens with zero attached hydrogens (tertiary/aromatic N) is 3. The van der Waals surface area contributed by atoms with Gasteiger partial charge in [-0.05, 0) is 30.2 Å². The zero-order chi connectivity index (χ0) is 19.4. The molecular weight excluding hydrogens is 365 g/mol. The Labute approximate surface area is 159 Å². The van der Waals surface area contributed by atoms with Crippen LogP contribution in [0.2, 0.25) is 0 Å². The van der Waals surface area contributed by atoms with Gasteiger partial charge in [0.15, 0.2) is 0 Å². The fourth-order valence-corrected chi connectivity index (χ4v) is 4.75. The first kappa shape index (κ1) is 19.5. The number of hydrogen-bond donors (Lipinski definition) is 0. The topological polar surface area (TPSA) is 64.4 Å². The van der Waals surface area contributed by atoms with Crippen molar-refractivity contribution in [3.8, 4) is 6.07 Å². The lowest BCUT2D eigenvalue weighted by atomic mass is 10.1. The first-order chi connectivity index (χ1) is 12.9. The Kier molecular flexibility index (Phi) is 5.90. The van der Waals surface area contributed by atoms with E-state index in [1.54, 1.807) is 12.1 Å². The van der Waals surface area contributed by atoms with Gasteiger partial charge in [0.1, 0.15) is 11.9 Å². The molecule has 1 fully saturated rings. The minimum Gasteiger partial charge on any atom is -0.282 e. The van der Waals surface area contributed by atoms with Gasteiger partial charge in [0.05, 0.1) is 11.8 Å². The second-order valence-corrected chi connectivity index (χ2v) is 8.73. The van der Waals surface area contributed by atoms with Crippen LogP contribution >= 0.6 is 0 Å². The average Bonchev–Trinajstić information content (AvgIpc) is 2.66. The minimum atomic E-state index is -3.40. The van der Waals surface area contributed by atoms with Crippen molar-refractivity contribution in [1.82, 2.24) is 9.21 Å². The lowest BCUT2D eigenvalue weighted by Crippen LogP contribution is -2.49. The fourth-order valence-electron chi connectivity index (χ4n) is 3.24. The minimum absolute atomic E-state index is 0.0209. The molecule has 1 aliphatic heterocycles. The number of hydrogen-bond acceptors (Lipinski definition) is 4. The third-order valence-electron chi connectivity index (χ3n) is 4.81. The second kappa shape index (κ2) is 8.17. The van der Waals surface area contributed by atoms with Gasteiger partial charge in [0.2, 0.25) is 10.0 Å². The summed E-state index contributed by atoms with van der Waals surface area (Å²) >= 11 is 0. The van der Waals surface area contributed by atoms with Gasteiger partial charge in [-0.1, -0.05) is 42.0 Å². The van der Waals surface area contributed by atoms with Crippen molar-refractivity contribution in [2.75, 3.05) is 26.2 Å². The van der Waals surface area contributed by atoms with Crippen LogP contribution < -0.4 is 0 Å². The zero-order valence-corrected chi connectivity index (χ0v) is 16.0. The predicted octanol–water partition coefficient (Wildman–Crippen LogP) is 2.85. The standard InChI is InChI=1S/C20H22FN3O2S/c1-16-2-4-17(5-3-16)15-27(25,26)24-12-10-23(11-13-24)20(14-22)18-6-8-19(21)9-7-18/h2-9,20H,10-13,15H2,1H3. The molecule has 2 aromatic rings. The smallest absolute Gasteiger partial charge is 0.218 e. The van der Waals surface area contributed by atoms with E-state index in [-0.39, 0.29) is 11.6 Å². The van der Waals surface area contributed by atoms with Crippen LogP contribution in [-0.2, 0) is 15.8 Å². The summed E-state index contributed by atoms with van der Waals surface area (Å²) in [5, 5.41) is 9.53. The second-order valence-electron chi connectivity index (χ2n) is 6.76. The van der Waals surface area contributed by atoms with Crippen molar-refractivity contribution in [3.63, 3.8) is 0 Å². The molecule has 142 valence electrons. The SMILES string of the molecule is Cc1ccc(CS(=O)(=O)N2CCN(C(C#N)c3ccc(F)cc3)CC2)cc1. The van der Waals surface area contributed by atoms with Gasteiger partial charge in [0, 0.05) is 26.2 Å². The number of rotatable bonds is 5. The molecule has 0 spiro atoms. The van der Waals surface area contributed by atoms with Crippen LogP contribution in [0.1, 0.15) is 22.7 Å². The van der Waals surface area contributed by atoms with E-state index in [1.807, 2.05) is 36.1 Å². The highest BCUT2D eigenvalue weighted by Crippen LogP contribution is 2.23. The molecule has 3 rings (SSSR count). The summed E-state index contributed by atoms with van der Waals surface area (Å²) in [4.78, 5) is 1.94. The summed E-state index contributed by atoms with van der Waals surface area (Å²) in [5.41, 5.74) is 2.58. The zero-order valence-electron chi connectivity index (χ0n) is 15.2. The first-order valence-corrected chi connectivity index (χ1v) is 10.4. The largest absolute Gasteiger partial charge is 0.282 e. The molecule has 1 atom stereocenters. The van der Waals surface area contributed by atoms with E-state index in [1.165, 1.54) is 16.4 Å². The maximum Gasteiger partial charge on any atom is 0.218 e. The summed E-state index contributed by atoms with van der Waals surface area (Å²) in [6.45, 7) is 3.57. The third kappa shape index (κ3) is 4.72. The predicted molar refractivity (Wildman–Crippen MR) is 102 cm³/mol. The molecule has 0 aliphatic carbocycles. The van der Waals surface area contributed by atoms with Crippen LogP contribution in [0.4, 0.5) is 4.39 Å². The van der Waals surface area contributed by atoms with Crippen LogP contribution in [0.5, 0.6) is 0 Å². The normalized spacial score (nSPS) is 17.4. The first-order valence-electron chi connectivity index (χ1n) is 8.81. The number of aryl methyl sites for hydroxylation is 1. The Morgan fingerprint density at radius 3 is 2.19 bits per heavy atom. The summed E-state index contributed by atoms with van der Waals surface area (Å²) in [6, 6.07) is 15.1. The van der Waals surface area contributed by atoms with Crippen LogP contribution in [-0.4, -0.2) is 43.8 Å². The molecule has 7 heteroatoms. The molecule has 0 aromatic heterocycles. The van der Waals surface area contributed by atoms with Crippen molar-refractivity contribution in [3.05, 3.63) is 71.0 Å². The van der Waals surface area contributed by atoms with E-state index < -0.39 is 16.1 Å². The maximum atomic E-state index is 13.1. The Bertz CT molecular complexity index is 913. The van der Waals surface area contributed by atoms with Crippen molar-refractivity contribution in [2.24, 2.45) is 0 Å². The molecule has 1 unspecified atom stereocenters. The highest BCUT2D eigenvalue weighted by molar-refractivity contribution is 7.88. The monoisotopic (exact) mass is 387 g/mol. The van der Waals surface area contributed by atoms with Crippen molar-refractivity contribution in [2.45, 2.75) is 18.7 Å². The van der Waals surface area contributed by atoms with Gasteiger partial charge in [-0.2, -0.15) is 9.57 Å². The molecule has 27 heavy (non-hydrogen) atoms. The summed E-state index contributed by atoms with van der Waals surface area (Å²) in [6.07, 6.45) is 0. The van der Waals surface area contributed by atoms with Gasteiger partial charge in [-0.25, -0.2) is 12.8 Å². The van der Waals surface area contributed by atoms with Crippen molar-refractivity contribution >= 4 is 10.0 Å². The van der Waals surface area contributed by atoms with E-state index in [0.29, 0.717) is 26.2 Å². The molecule has 1 saturated heterocycles. The number of benzene rings is 2. The van der Waals surface area contributed by atoms with Gasteiger partial charge < -0.3 is 0 Å². The maximum absolute atomic E-state index is 13.1. The quantitative estimate of drug-likeness (QED) is 0.791. The molecule has 0 N–H and O–H groups in total. The molecule has 1 heterocycles. The third-order valence-corrected chi connectivity index (χ3v) is 6.66. The van der Waals surface area contributed by atoms with Gasteiger partial charge in [0.25, 0.3) is 0 Å². The summed E-state index contributed by atoms with van der Waals surface area (Å²) < 4.78 is 40.0. The van der Waals surface area contributed by atoms with Gasteiger partial charge in [-0.3, -0.25) is 4.90 Å². The highest BCUT2D eigenvalue weighted by atomic mass is 32.2. The Morgan fingerprint density at radius 1 is 1.04 bits per heavy atom. The summed E-state index contributed by atoms with van der Waals surface area (Å²) in [5.74, 6) is -0.366. The lowest BCUT2D eigenvalue weighted by molar-refractivity contribution is 0.162. The lowest BCUT2D eigenvalue weighted by Gasteiger charge is -2.36. The molecule has 0 amide bonds. The van der Waals surface area contributed by atoms with E-state index in [0.717, 1.165) is 16.7 Å². The van der Waals surface area contributed by atoms with Crippen LogP contribution in [0, 0.1) is 24.1 Å². The number of halogens is 1. The number of sulfonamides is 1. The summed E-state index contributed by atoms with van der Waals surface area (Å²) in [7, 11) is -3.40. The van der Waals surface area contributed by atoms with Crippen LogP contribution in [0.25, 0.3) is 0 Å².